The number of rotatable bonds is 6. The normalized spacial score (nSPS) is 22.2. The molecule has 2 bridgehead atoms. The van der Waals surface area contributed by atoms with Gasteiger partial charge in [-0.3, -0.25) is 4.79 Å². The fourth-order valence-corrected chi connectivity index (χ4v) is 4.59. The molecule has 2 heterocycles. The molecule has 0 aliphatic carbocycles. The summed E-state index contributed by atoms with van der Waals surface area (Å²) >= 11 is 6.40. The van der Waals surface area contributed by atoms with Gasteiger partial charge in [-0.25, -0.2) is 0 Å². The van der Waals surface area contributed by atoms with Crippen LogP contribution in [0, 0.1) is 5.92 Å². The van der Waals surface area contributed by atoms with Crippen LogP contribution >= 0.6 is 36.4 Å². The SMILES string of the molecule is Cl.Cl.O=C(CC1CC2CCC(C1)N2)Nc1ccc(NCc2ccccc2)c(Cl)c1. The number of hydrogen-bond acceptors (Lipinski definition) is 3. The number of carbonyl (C=O) groups is 1. The van der Waals surface area contributed by atoms with Crippen molar-refractivity contribution in [2.45, 2.75) is 50.7 Å². The van der Waals surface area contributed by atoms with Gasteiger partial charge in [-0.15, -0.1) is 24.8 Å². The number of amides is 1. The molecular formula is C22H28Cl3N3O. The first-order chi connectivity index (χ1) is 13.2. The lowest BCUT2D eigenvalue weighted by Gasteiger charge is -2.28. The molecule has 29 heavy (non-hydrogen) atoms. The number of anilines is 2. The van der Waals surface area contributed by atoms with E-state index in [1.54, 1.807) is 0 Å². The Morgan fingerprint density at radius 3 is 2.38 bits per heavy atom. The van der Waals surface area contributed by atoms with Crippen molar-refractivity contribution in [3.63, 3.8) is 0 Å². The zero-order valence-corrected chi connectivity index (χ0v) is 18.6. The van der Waals surface area contributed by atoms with Gasteiger partial charge < -0.3 is 16.0 Å². The number of hydrogen-bond donors (Lipinski definition) is 3. The first-order valence-electron chi connectivity index (χ1n) is 9.79. The number of nitrogens with one attached hydrogen (secondary N) is 3. The highest BCUT2D eigenvalue weighted by molar-refractivity contribution is 6.33. The van der Waals surface area contributed by atoms with Gasteiger partial charge in [0.1, 0.15) is 0 Å². The molecule has 2 aliphatic rings. The monoisotopic (exact) mass is 455 g/mol. The standard InChI is InChI=1S/C22H26ClN3O.2ClH/c23-20-13-19(8-9-21(20)24-14-15-4-2-1-3-5-15)26-22(27)12-16-10-17-6-7-18(11-16)25-17;;/h1-5,8-9,13,16-18,24-25H,6-7,10-12,14H2,(H,26,27);2*1H. The van der Waals surface area contributed by atoms with Gasteiger partial charge in [0.2, 0.25) is 5.91 Å². The molecule has 1 amide bonds. The van der Waals surface area contributed by atoms with Gasteiger partial charge in [0.05, 0.1) is 10.7 Å². The maximum atomic E-state index is 12.4. The molecule has 3 N–H and O–H groups in total. The van der Waals surface area contributed by atoms with Crippen molar-refractivity contribution in [1.29, 1.82) is 0 Å². The summed E-state index contributed by atoms with van der Waals surface area (Å²) in [4.78, 5) is 12.4. The molecule has 2 fully saturated rings. The number of fused-ring (bicyclic) bond motifs is 2. The van der Waals surface area contributed by atoms with Crippen LogP contribution in [0.4, 0.5) is 11.4 Å². The predicted octanol–water partition coefficient (Wildman–Crippen LogP) is 5.65. The van der Waals surface area contributed by atoms with Gasteiger partial charge in [-0.1, -0.05) is 41.9 Å². The lowest BCUT2D eigenvalue weighted by molar-refractivity contribution is -0.117. The van der Waals surface area contributed by atoms with Gasteiger partial charge in [-0.2, -0.15) is 0 Å². The first kappa shape index (κ1) is 23.8. The average molecular weight is 457 g/mol. The van der Waals surface area contributed by atoms with E-state index in [4.69, 9.17) is 11.6 Å². The van der Waals surface area contributed by atoms with Gasteiger partial charge >= 0.3 is 0 Å². The topological polar surface area (TPSA) is 53.2 Å². The Kier molecular flexibility index (Phi) is 9.09. The molecule has 2 unspecified atom stereocenters. The first-order valence-corrected chi connectivity index (χ1v) is 10.2. The van der Waals surface area contributed by atoms with Crippen LogP contribution < -0.4 is 16.0 Å². The molecular weight excluding hydrogens is 429 g/mol. The summed E-state index contributed by atoms with van der Waals surface area (Å²) in [5.74, 6) is 0.577. The second kappa shape index (κ2) is 11.1. The Bertz CT molecular complexity index is 791. The largest absolute Gasteiger partial charge is 0.380 e. The summed E-state index contributed by atoms with van der Waals surface area (Å²) in [5, 5.41) is 10.6. The van der Waals surface area contributed by atoms with Gasteiger partial charge in [0.15, 0.2) is 0 Å². The van der Waals surface area contributed by atoms with Gasteiger partial charge in [0, 0.05) is 30.7 Å². The van der Waals surface area contributed by atoms with Crippen LogP contribution in [0.15, 0.2) is 48.5 Å². The van der Waals surface area contributed by atoms with E-state index in [1.807, 2.05) is 36.4 Å². The third-order valence-electron chi connectivity index (χ3n) is 5.62. The summed E-state index contributed by atoms with van der Waals surface area (Å²) in [6.07, 6.45) is 5.35. The lowest BCUT2D eigenvalue weighted by atomic mass is 9.89. The van der Waals surface area contributed by atoms with Crippen LogP contribution in [0.1, 0.15) is 37.7 Å². The van der Waals surface area contributed by atoms with Crippen LogP contribution in [0.5, 0.6) is 0 Å². The molecule has 2 aromatic rings. The van der Waals surface area contributed by atoms with E-state index in [1.165, 1.54) is 18.4 Å². The van der Waals surface area contributed by atoms with Crippen LogP contribution in [-0.4, -0.2) is 18.0 Å². The molecule has 0 saturated carbocycles. The zero-order chi connectivity index (χ0) is 18.6. The van der Waals surface area contributed by atoms with E-state index in [2.05, 4.69) is 28.1 Å². The molecule has 4 nitrogen and oxygen atoms in total. The fraction of sp³-hybridized carbons (Fsp3) is 0.409. The highest BCUT2D eigenvalue weighted by Crippen LogP contribution is 2.33. The van der Waals surface area contributed by atoms with Crippen LogP contribution in [0.3, 0.4) is 0 Å². The minimum atomic E-state index is 0. The summed E-state index contributed by atoms with van der Waals surface area (Å²) in [6, 6.07) is 17.1. The average Bonchev–Trinajstić information content (AvgIpc) is 3.00. The highest BCUT2D eigenvalue weighted by atomic mass is 35.5. The summed E-state index contributed by atoms with van der Waals surface area (Å²) in [6.45, 7) is 0.713. The van der Waals surface area contributed by atoms with Crippen LogP contribution in [0.2, 0.25) is 5.02 Å². The number of piperidine rings is 1. The van der Waals surface area contributed by atoms with Crippen LogP contribution in [0.25, 0.3) is 0 Å². The van der Waals surface area contributed by atoms with Crippen molar-refractivity contribution in [3.05, 3.63) is 59.1 Å². The van der Waals surface area contributed by atoms with Crippen molar-refractivity contribution in [3.8, 4) is 0 Å². The minimum absolute atomic E-state index is 0. The third-order valence-corrected chi connectivity index (χ3v) is 5.94. The molecule has 0 spiro atoms. The van der Waals surface area contributed by atoms with E-state index in [0.29, 0.717) is 36.0 Å². The highest BCUT2D eigenvalue weighted by Gasteiger charge is 2.34. The molecule has 0 aromatic heterocycles. The minimum Gasteiger partial charge on any atom is -0.380 e. The molecule has 0 radical (unpaired) electrons. The Morgan fingerprint density at radius 2 is 1.72 bits per heavy atom. The van der Waals surface area contributed by atoms with Gasteiger partial charge in [0.25, 0.3) is 0 Å². The molecule has 2 saturated heterocycles. The van der Waals surface area contributed by atoms with E-state index < -0.39 is 0 Å². The second-order valence-electron chi connectivity index (χ2n) is 7.76. The maximum absolute atomic E-state index is 12.4. The zero-order valence-electron chi connectivity index (χ0n) is 16.2. The molecule has 4 rings (SSSR count). The Balaban J connectivity index is 0.00000150. The van der Waals surface area contributed by atoms with Crippen molar-refractivity contribution in [2.75, 3.05) is 10.6 Å². The third kappa shape index (κ3) is 6.51. The molecule has 7 heteroatoms. The second-order valence-corrected chi connectivity index (χ2v) is 8.17. The fourth-order valence-electron chi connectivity index (χ4n) is 4.35. The van der Waals surface area contributed by atoms with Crippen molar-refractivity contribution < 1.29 is 4.79 Å². The summed E-state index contributed by atoms with van der Waals surface area (Å²) in [7, 11) is 0. The van der Waals surface area contributed by atoms with E-state index in [0.717, 1.165) is 24.2 Å². The molecule has 2 atom stereocenters. The van der Waals surface area contributed by atoms with E-state index in [9.17, 15) is 4.79 Å². The van der Waals surface area contributed by atoms with Crippen molar-refractivity contribution in [1.82, 2.24) is 5.32 Å². The summed E-state index contributed by atoms with van der Waals surface area (Å²) < 4.78 is 0. The number of halogens is 3. The van der Waals surface area contributed by atoms with Gasteiger partial charge in [-0.05, 0) is 55.4 Å². The Hall–Kier alpha value is -1.46. The smallest absolute Gasteiger partial charge is 0.224 e. The van der Waals surface area contributed by atoms with Crippen LogP contribution in [-0.2, 0) is 11.3 Å². The maximum Gasteiger partial charge on any atom is 0.224 e. The number of carbonyl (C=O) groups excluding carboxylic acids is 1. The van der Waals surface area contributed by atoms with Crippen molar-refractivity contribution in [2.24, 2.45) is 5.92 Å². The number of benzene rings is 2. The lowest BCUT2D eigenvalue weighted by Crippen LogP contribution is -2.39. The molecule has 2 aromatic carbocycles. The molecule has 2 aliphatic heterocycles. The van der Waals surface area contributed by atoms with E-state index in [-0.39, 0.29) is 30.7 Å². The van der Waals surface area contributed by atoms with Crippen molar-refractivity contribution >= 4 is 53.7 Å². The Morgan fingerprint density at radius 1 is 1.03 bits per heavy atom. The molecule has 158 valence electrons. The van der Waals surface area contributed by atoms with E-state index >= 15 is 0 Å². The Labute approximate surface area is 190 Å². The quantitative estimate of drug-likeness (QED) is 0.526. The summed E-state index contributed by atoms with van der Waals surface area (Å²) in [5.41, 5.74) is 2.82. The predicted molar refractivity (Wildman–Crippen MR) is 126 cm³/mol.